The van der Waals surface area contributed by atoms with E-state index in [-0.39, 0.29) is 16.2 Å². The van der Waals surface area contributed by atoms with Gasteiger partial charge in [-0.05, 0) is 55.2 Å². The van der Waals surface area contributed by atoms with Gasteiger partial charge in [0.15, 0.2) is 0 Å². The van der Waals surface area contributed by atoms with E-state index >= 15 is 0 Å². The number of benzene rings is 2. The van der Waals surface area contributed by atoms with Gasteiger partial charge in [0.25, 0.3) is 5.91 Å². The molecule has 178 valence electrons. The van der Waals surface area contributed by atoms with Crippen molar-refractivity contribution >= 4 is 27.5 Å². The van der Waals surface area contributed by atoms with Gasteiger partial charge in [0, 0.05) is 48.8 Å². The molecular weight excluding hydrogens is 464 g/mol. The molecule has 2 saturated heterocycles. The van der Waals surface area contributed by atoms with Gasteiger partial charge < -0.3 is 14.8 Å². The van der Waals surface area contributed by atoms with Crippen molar-refractivity contribution in [2.24, 2.45) is 0 Å². The first-order valence-corrected chi connectivity index (χ1v) is 12.9. The highest BCUT2D eigenvalue weighted by Crippen LogP contribution is 2.35. The fourth-order valence-corrected chi connectivity index (χ4v) is 5.98. The molecule has 2 aromatic rings. The van der Waals surface area contributed by atoms with Crippen LogP contribution in [0.15, 0.2) is 47.4 Å². The third kappa shape index (κ3) is 5.25. The zero-order chi connectivity index (χ0) is 23.5. The van der Waals surface area contributed by atoms with Gasteiger partial charge in [-0.2, -0.15) is 4.31 Å². The Morgan fingerprint density at radius 1 is 1.03 bits per heavy atom. The van der Waals surface area contributed by atoms with Crippen molar-refractivity contribution in [1.82, 2.24) is 9.62 Å². The lowest BCUT2D eigenvalue weighted by molar-refractivity contribution is 0.0487. The Hall–Kier alpha value is -1.97. The van der Waals surface area contributed by atoms with E-state index in [1.807, 2.05) is 31.2 Å². The minimum atomic E-state index is -3.69. The Labute approximate surface area is 200 Å². The van der Waals surface area contributed by atoms with Gasteiger partial charge in [0.05, 0.1) is 18.1 Å². The van der Waals surface area contributed by atoms with Crippen LogP contribution in [-0.2, 0) is 24.9 Å². The first-order valence-electron chi connectivity index (χ1n) is 11.1. The topological polar surface area (TPSA) is 84.9 Å². The number of amides is 1. The minimum absolute atomic E-state index is 0.124. The number of hydrogen-bond donors (Lipinski definition) is 1. The van der Waals surface area contributed by atoms with Crippen molar-refractivity contribution in [2.45, 2.75) is 30.1 Å². The third-order valence-corrected chi connectivity index (χ3v) is 8.70. The number of carbonyl (C=O) groups excluding carboxylic acids is 1. The molecule has 2 aliphatic heterocycles. The molecule has 0 bridgehead atoms. The number of morpholine rings is 1. The lowest BCUT2D eigenvalue weighted by atomic mass is 9.74. The Morgan fingerprint density at radius 3 is 2.33 bits per heavy atom. The van der Waals surface area contributed by atoms with E-state index in [2.05, 4.69) is 5.32 Å². The molecule has 0 saturated carbocycles. The maximum absolute atomic E-state index is 13.2. The average Bonchev–Trinajstić information content (AvgIpc) is 2.84. The van der Waals surface area contributed by atoms with Crippen molar-refractivity contribution in [1.29, 1.82) is 0 Å². The maximum atomic E-state index is 13.2. The van der Waals surface area contributed by atoms with Crippen LogP contribution < -0.4 is 5.32 Å². The summed E-state index contributed by atoms with van der Waals surface area (Å²) in [6.07, 6.45) is 1.55. The minimum Gasteiger partial charge on any atom is -0.381 e. The summed E-state index contributed by atoms with van der Waals surface area (Å²) >= 11 is 6.07. The van der Waals surface area contributed by atoms with Crippen LogP contribution in [0.2, 0.25) is 5.02 Å². The number of carbonyl (C=O) groups is 1. The van der Waals surface area contributed by atoms with Crippen LogP contribution >= 0.6 is 11.6 Å². The molecule has 2 aromatic carbocycles. The number of nitrogens with zero attached hydrogens (tertiary/aromatic N) is 1. The molecule has 1 N–H and O–H groups in total. The molecule has 2 aliphatic rings. The molecule has 1 amide bonds. The van der Waals surface area contributed by atoms with E-state index in [0.29, 0.717) is 56.6 Å². The van der Waals surface area contributed by atoms with Crippen LogP contribution in [-0.4, -0.2) is 64.7 Å². The molecule has 4 rings (SSSR count). The first kappa shape index (κ1) is 24.2. The summed E-state index contributed by atoms with van der Waals surface area (Å²) in [5.41, 5.74) is 1.93. The van der Waals surface area contributed by atoms with Gasteiger partial charge in [0.2, 0.25) is 10.0 Å². The van der Waals surface area contributed by atoms with Gasteiger partial charge in [-0.15, -0.1) is 0 Å². The second kappa shape index (κ2) is 10.1. The lowest BCUT2D eigenvalue weighted by Crippen LogP contribution is -2.44. The van der Waals surface area contributed by atoms with Gasteiger partial charge >= 0.3 is 0 Å². The normalized spacial score (nSPS) is 19.2. The highest BCUT2D eigenvalue weighted by molar-refractivity contribution is 7.89. The van der Waals surface area contributed by atoms with Crippen molar-refractivity contribution in [3.05, 3.63) is 64.2 Å². The zero-order valence-corrected chi connectivity index (χ0v) is 20.3. The molecule has 0 unspecified atom stereocenters. The summed E-state index contributed by atoms with van der Waals surface area (Å²) in [4.78, 5) is 13.3. The third-order valence-electron chi connectivity index (χ3n) is 6.56. The first-order chi connectivity index (χ1) is 15.8. The summed E-state index contributed by atoms with van der Waals surface area (Å²) in [6, 6.07) is 12.5. The summed E-state index contributed by atoms with van der Waals surface area (Å²) < 4.78 is 38.4. The summed E-state index contributed by atoms with van der Waals surface area (Å²) in [7, 11) is -3.69. The number of halogens is 1. The Balaban J connectivity index is 1.55. The standard InChI is InChI=1S/C24H29ClN2O5S/c1-18-2-7-21(33(29,30)27-10-14-32-15-11-27)16-22(18)23(28)26-17-24(8-12-31-13-9-24)19-3-5-20(25)6-4-19/h2-7,16H,8-15,17H2,1H3,(H,26,28). The Morgan fingerprint density at radius 2 is 1.67 bits per heavy atom. The van der Waals surface area contributed by atoms with Crippen LogP contribution in [0, 0.1) is 6.92 Å². The van der Waals surface area contributed by atoms with Gasteiger partial charge in [-0.25, -0.2) is 8.42 Å². The number of aryl methyl sites for hydroxylation is 1. The second-order valence-electron chi connectivity index (χ2n) is 8.58. The molecule has 2 heterocycles. The number of ether oxygens (including phenoxy) is 2. The van der Waals surface area contributed by atoms with Gasteiger partial charge in [-0.3, -0.25) is 4.79 Å². The molecular formula is C24H29ClN2O5S. The van der Waals surface area contributed by atoms with Crippen LogP contribution in [0.4, 0.5) is 0 Å². The van der Waals surface area contributed by atoms with E-state index in [0.717, 1.165) is 24.0 Å². The quantitative estimate of drug-likeness (QED) is 0.669. The lowest BCUT2D eigenvalue weighted by Gasteiger charge is -2.38. The van der Waals surface area contributed by atoms with Crippen molar-refractivity contribution in [3.63, 3.8) is 0 Å². The maximum Gasteiger partial charge on any atom is 0.251 e. The Bertz CT molecular complexity index is 1090. The van der Waals surface area contributed by atoms with Crippen molar-refractivity contribution in [3.8, 4) is 0 Å². The smallest absolute Gasteiger partial charge is 0.251 e. The van der Waals surface area contributed by atoms with Crippen LogP contribution in [0.25, 0.3) is 0 Å². The number of rotatable bonds is 6. The summed E-state index contributed by atoms with van der Waals surface area (Å²) in [5, 5.41) is 3.73. The average molecular weight is 493 g/mol. The number of hydrogen-bond acceptors (Lipinski definition) is 5. The van der Waals surface area contributed by atoms with Crippen molar-refractivity contribution < 1.29 is 22.7 Å². The number of sulfonamides is 1. The van der Waals surface area contributed by atoms with Crippen LogP contribution in [0.5, 0.6) is 0 Å². The molecule has 7 nitrogen and oxygen atoms in total. The van der Waals surface area contributed by atoms with E-state index in [1.54, 1.807) is 12.1 Å². The van der Waals surface area contributed by atoms with E-state index < -0.39 is 10.0 Å². The summed E-state index contributed by atoms with van der Waals surface area (Å²) in [6.45, 7) is 4.83. The van der Waals surface area contributed by atoms with Crippen LogP contribution in [0.3, 0.4) is 0 Å². The van der Waals surface area contributed by atoms with E-state index in [4.69, 9.17) is 21.1 Å². The fourth-order valence-electron chi connectivity index (χ4n) is 4.42. The molecule has 2 fully saturated rings. The van der Waals surface area contributed by atoms with Gasteiger partial charge in [-0.1, -0.05) is 29.8 Å². The molecule has 33 heavy (non-hydrogen) atoms. The molecule has 0 radical (unpaired) electrons. The van der Waals surface area contributed by atoms with Gasteiger partial charge in [0.1, 0.15) is 0 Å². The fraction of sp³-hybridized carbons (Fsp3) is 0.458. The predicted molar refractivity (Wildman–Crippen MR) is 126 cm³/mol. The molecule has 0 spiro atoms. The second-order valence-corrected chi connectivity index (χ2v) is 10.9. The predicted octanol–water partition coefficient (Wildman–Crippen LogP) is 3.15. The van der Waals surface area contributed by atoms with Crippen LogP contribution in [0.1, 0.15) is 34.3 Å². The SMILES string of the molecule is Cc1ccc(S(=O)(=O)N2CCOCC2)cc1C(=O)NCC1(c2ccc(Cl)cc2)CCOCC1. The molecule has 0 atom stereocenters. The highest BCUT2D eigenvalue weighted by atomic mass is 35.5. The summed E-state index contributed by atoms with van der Waals surface area (Å²) in [5.74, 6) is -0.286. The molecule has 9 heteroatoms. The monoisotopic (exact) mass is 492 g/mol. The van der Waals surface area contributed by atoms with E-state index in [9.17, 15) is 13.2 Å². The van der Waals surface area contributed by atoms with E-state index in [1.165, 1.54) is 10.4 Å². The molecule has 0 aromatic heterocycles. The highest BCUT2D eigenvalue weighted by Gasteiger charge is 2.35. The van der Waals surface area contributed by atoms with Crippen molar-refractivity contribution in [2.75, 3.05) is 46.1 Å². The zero-order valence-electron chi connectivity index (χ0n) is 18.7. The largest absolute Gasteiger partial charge is 0.381 e. The molecule has 0 aliphatic carbocycles. The number of nitrogens with one attached hydrogen (secondary N) is 1. The Kier molecular flexibility index (Phi) is 7.40.